The molecule has 0 saturated heterocycles. The van der Waals surface area contributed by atoms with Crippen molar-refractivity contribution in [3.8, 4) is 12.3 Å². The lowest BCUT2D eigenvalue weighted by Crippen LogP contribution is -2.07. The zero-order valence-corrected chi connectivity index (χ0v) is 7.81. The van der Waals surface area contributed by atoms with Crippen LogP contribution in [0.2, 0.25) is 0 Å². The van der Waals surface area contributed by atoms with E-state index in [0.717, 1.165) is 0 Å². The van der Waals surface area contributed by atoms with E-state index < -0.39 is 6.04 Å². The average molecular weight is 228 g/mol. The number of rotatable bonds is 1. The number of halogens is 2. The van der Waals surface area contributed by atoms with Crippen LogP contribution in [0.1, 0.15) is 11.6 Å². The summed E-state index contributed by atoms with van der Waals surface area (Å²) < 4.78 is 13.3. The summed E-state index contributed by atoms with van der Waals surface area (Å²) in [6, 6.07) is 4.07. The van der Waals surface area contributed by atoms with Gasteiger partial charge in [-0.1, -0.05) is 12.0 Å². The second kappa shape index (κ2) is 3.70. The van der Waals surface area contributed by atoms with Gasteiger partial charge in [0.15, 0.2) is 0 Å². The van der Waals surface area contributed by atoms with Gasteiger partial charge in [-0.3, -0.25) is 0 Å². The first-order chi connectivity index (χ1) is 5.65. The van der Waals surface area contributed by atoms with Crippen LogP contribution in [0.4, 0.5) is 4.39 Å². The summed E-state index contributed by atoms with van der Waals surface area (Å²) >= 11 is 3.03. The summed E-state index contributed by atoms with van der Waals surface area (Å²) in [5.74, 6) is 1.97. The van der Waals surface area contributed by atoms with Gasteiger partial charge in [0, 0.05) is 0 Å². The molecule has 2 N–H and O–H groups in total. The van der Waals surface area contributed by atoms with Gasteiger partial charge in [-0.05, 0) is 33.6 Å². The molecule has 0 heterocycles. The lowest BCUT2D eigenvalue weighted by Gasteiger charge is -2.04. The van der Waals surface area contributed by atoms with Gasteiger partial charge in [-0.2, -0.15) is 0 Å². The standard InChI is InChI=1S/C9H7BrFN/c1-2-9(12)6-3-4-7(10)8(11)5-6/h1,3-5,9H,12H2. The molecule has 0 bridgehead atoms. The summed E-state index contributed by atoms with van der Waals surface area (Å²) in [6.45, 7) is 0. The van der Waals surface area contributed by atoms with Gasteiger partial charge < -0.3 is 5.73 Å². The number of hydrogen-bond donors (Lipinski definition) is 1. The second-order valence-corrected chi connectivity index (χ2v) is 3.17. The Hall–Kier alpha value is -0.850. The van der Waals surface area contributed by atoms with Crippen molar-refractivity contribution in [3.05, 3.63) is 34.1 Å². The van der Waals surface area contributed by atoms with E-state index in [1.165, 1.54) is 6.07 Å². The number of terminal acetylenes is 1. The van der Waals surface area contributed by atoms with E-state index in [-0.39, 0.29) is 5.82 Å². The molecular formula is C9H7BrFN. The third-order valence-electron chi connectivity index (χ3n) is 1.48. The van der Waals surface area contributed by atoms with Gasteiger partial charge in [0.2, 0.25) is 0 Å². The zero-order valence-electron chi connectivity index (χ0n) is 6.22. The van der Waals surface area contributed by atoms with Crippen LogP contribution in [0, 0.1) is 18.2 Å². The fraction of sp³-hybridized carbons (Fsp3) is 0.111. The van der Waals surface area contributed by atoms with Crippen LogP contribution in [0.5, 0.6) is 0 Å². The molecule has 1 rings (SSSR count). The van der Waals surface area contributed by atoms with E-state index >= 15 is 0 Å². The Morgan fingerprint density at radius 2 is 2.25 bits per heavy atom. The Morgan fingerprint density at radius 3 is 2.75 bits per heavy atom. The second-order valence-electron chi connectivity index (χ2n) is 2.32. The minimum atomic E-state index is -0.535. The van der Waals surface area contributed by atoms with E-state index in [0.29, 0.717) is 10.0 Å². The fourth-order valence-corrected chi connectivity index (χ4v) is 1.05. The highest BCUT2D eigenvalue weighted by Crippen LogP contribution is 2.19. The van der Waals surface area contributed by atoms with Gasteiger partial charge in [-0.25, -0.2) is 4.39 Å². The van der Waals surface area contributed by atoms with Crippen molar-refractivity contribution in [2.45, 2.75) is 6.04 Å². The molecule has 3 heteroatoms. The molecule has 1 aromatic carbocycles. The van der Waals surface area contributed by atoms with Crippen molar-refractivity contribution in [2.24, 2.45) is 5.73 Å². The predicted octanol–water partition coefficient (Wildman–Crippen LogP) is 2.22. The minimum absolute atomic E-state index is 0.349. The van der Waals surface area contributed by atoms with Crippen LogP contribution in [-0.4, -0.2) is 0 Å². The summed E-state index contributed by atoms with van der Waals surface area (Å²) in [4.78, 5) is 0. The smallest absolute Gasteiger partial charge is 0.137 e. The van der Waals surface area contributed by atoms with Crippen LogP contribution < -0.4 is 5.73 Å². The molecule has 0 radical (unpaired) electrons. The molecule has 0 aliphatic carbocycles. The summed E-state index contributed by atoms with van der Waals surface area (Å²) in [5.41, 5.74) is 6.10. The zero-order chi connectivity index (χ0) is 9.14. The van der Waals surface area contributed by atoms with Crippen molar-refractivity contribution in [2.75, 3.05) is 0 Å². The average Bonchev–Trinajstić information content (AvgIpc) is 2.08. The third-order valence-corrected chi connectivity index (χ3v) is 2.13. The number of nitrogens with two attached hydrogens (primary N) is 1. The van der Waals surface area contributed by atoms with Crippen molar-refractivity contribution in [1.29, 1.82) is 0 Å². The molecule has 0 amide bonds. The molecule has 1 nitrogen and oxygen atoms in total. The lowest BCUT2D eigenvalue weighted by molar-refractivity contribution is 0.617. The summed E-state index contributed by atoms with van der Waals surface area (Å²) in [7, 11) is 0. The van der Waals surface area contributed by atoms with Crippen LogP contribution in [0.15, 0.2) is 22.7 Å². The van der Waals surface area contributed by atoms with Crippen molar-refractivity contribution < 1.29 is 4.39 Å². The van der Waals surface area contributed by atoms with Crippen LogP contribution in [0.3, 0.4) is 0 Å². The minimum Gasteiger partial charge on any atom is -0.314 e. The molecule has 1 atom stereocenters. The SMILES string of the molecule is C#CC(N)c1ccc(Br)c(F)c1. The molecule has 12 heavy (non-hydrogen) atoms. The summed E-state index contributed by atoms with van der Waals surface area (Å²) in [5, 5.41) is 0. The normalized spacial score (nSPS) is 12.2. The monoisotopic (exact) mass is 227 g/mol. The topological polar surface area (TPSA) is 26.0 Å². The maximum atomic E-state index is 12.9. The van der Waals surface area contributed by atoms with E-state index in [1.807, 2.05) is 0 Å². The lowest BCUT2D eigenvalue weighted by atomic mass is 10.1. The first-order valence-corrected chi connectivity index (χ1v) is 4.11. The van der Waals surface area contributed by atoms with E-state index in [1.54, 1.807) is 12.1 Å². The van der Waals surface area contributed by atoms with Crippen LogP contribution >= 0.6 is 15.9 Å². The first kappa shape index (κ1) is 9.24. The maximum Gasteiger partial charge on any atom is 0.137 e. The Labute approximate surface area is 78.9 Å². The van der Waals surface area contributed by atoms with Crippen LogP contribution in [-0.2, 0) is 0 Å². The maximum absolute atomic E-state index is 12.9. The Balaban J connectivity index is 3.06. The highest BCUT2D eigenvalue weighted by molar-refractivity contribution is 9.10. The van der Waals surface area contributed by atoms with Gasteiger partial charge in [0.25, 0.3) is 0 Å². The molecule has 0 spiro atoms. The quantitative estimate of drug-likeness (QED) is 0.732. The van der Waals surface area contributed by atoms with Gasteiger partial charge in [0.05, 0.1) is 10.5 Å². The number of benzene rings is 1. The van der Waals surface area contributed by atoms with Crippen molar-refractivity contribution >= 4 is 15.9 Å². The summed E-state index contributed by atoms with van der Waals surface area (Å²) in [6.07, 6.45) is 5.08. The molecular weight excluding hydrogens is 221 g/mol. The molecule has 0 saturated carbocycles. The Morgan fingerprint density at radius 1 is 1.58 bits per heavy atom. The van der Waals surface area contributed by atoms with Crippen molar-refractivity contribution in [1.82, 2.24) is 0 Å². The number of hydrogen-bond acceptors (Lipinski definition) is 1. The van der Waals surface area contributed by atoms with Gasteiger partial charge in [0.1, 0.15) is 5.82 Å². The van der Waals surface area contributed by atoms with Crippen LogP contribution in [0.25, 0.3) is 0 Å². The molecule has 1 aromatic rings. The van der Waals surface area contributed by atoms with E-state index in [4.69, 9.17) is 12.2 Å². The molecule has 1 unspecified atom stereocenters. The first-order valence-electron chi connectivity index (χ1n) is 3.32. The van der Waals surface area contributed by atoms with Gasteiger partial charge in [-0.15, -0.1) is 6.42 Å². The molecule has 0 aromatic heterocycles. The Kier molecular flexibility index (Phi) is 2.85. The molecule has 0 aliphatic rings. The van der Waals surface area contributed by atoms with E-state index in [9.17, 15) is 4.39 Å². The predicted molar refractivity (Wildman–Crippen MR) is 49.9 cm³/mol. The highest BCUT2D eigenvalue weighted by Gasteiger charge is 2.04. The highest BCUT2D eigenvalue weighted by atomic mass is 79.9. The van der Waals surface area contributed by atoms with E-state index in [2.05, 4.69) is 21.9 Å². The fourth-order valence-electron chi connectivity index (χ4n) is 0.802. The molecule has 0 fully saturated rings. The Bertz CT molecular complexity index is 330. The van der Waals surface area contributed by atoms with Crippen molar-refractivity contribution in [3.63, 3.8) is 0 Å². The molecule has 62 valence electrons. The largest absolute Gasteiger partial charge is 0.314 e. The van der Waals surface area contributed by atoms with Gasteiger partial charge >= 0.3 is 0 Å². The molecule has 0 aliphatic heterocycles. The third kappa shape index (κ3) is 1.84.